The Hall–Kier alpha value is -1.95. The molecule has 0 aliphatic carbocycles. The Morgan fingerprint density at radius 3 is 2.45 bits per heavy atom. The molecule has 5 nitrogen and oxygen atoms in total. The van der Waals surface area contributed by atoms with E-state index in [1.54, 1.807) is 19.9 Å². The molecular formula is C14H19FN2O3. The zero-order chi connectivity index (χ0) is 15.3. The first-order chi connectivity index (χ1) is 9.32. The van der Waals surface area contributed by atoms with Gasteiger partial charge in [-0.05, 0) is 17.5 Å². The summed E-state index contributed by atoms with van der Waals surface area (Å²) >= 11 is 0. The predicted molar refractivity (Wildman–Crippen MR) is 72.5 cm³/mol. The second-order valence-corrected chi connectivity index (χ2v) is 4.96. The van der Waals surface area contributed by atoms with Crippen molar-refractivity contribution in [3.05, 3.63) is 35.6 Å². The number of carboxylic acid groups (broad SMARTS) is 1. The summed E-state index contributed by atoms with van der Waals surface area (Å²) in [6.45, 7) is 3.52. The van der Waals surface area contributed by atoms with Gasteiger partial charge in [-0.3, -0.25) is 4.79 Å². The molecule has 0 aliphatic rings. The largest absolute Gasteiger partial charge is 0.480 e. The Balaban J connectivity index is 2.79. The summed E-state index contributed by atoms with van der Waals surface area (Å²) in [5.41, 5.74) is 5.89. The van der Waals surface area contributed by atoms with Crippen LogP contribution in [0.25, 0.3) is 0 Å². The number of carbonyl (C=O) groups is 2. The fraction of sp³-hybridized carbons (Fsp3) is 0.429. The number of amides is 1. The van der Waals surface area contributed by atoms with E-state index in [9.17, 15) is 14.0 Å². The SMILES string of the molecule is CC(C)[C@H](N)C(=O)NC(Cc1ccccc1F)C(=O)O. The normalized spacial score (nSPS) is 13.8. The molecule has 0 aliphatic heterocycles. The van der Waals surface area contributed by atoms with Crippen molar-refractivity contribution >= 4 is 11.9 Å². The van der Waals surface area contributed by atoms with E-state index in [4.69, 9.17) is 10.8 Å². The Bertz CT molecular complexity index is 491. The number of nitrogens with two attached hydrogens (primary N) is 1. The van der Waals surface area contributed by atoms with Crippen molar-refractivity contribution in [3.8, 4) is 0 Å². The van der Waals surface area contributed by atoms with Crippen molar-refractivity contribution in [2.24, 2.45) is 11.7 Å². The fourth-order valence-electron chi connectivity index (χ4n) is 1.65. The molecule has 110 valence electrons. The van der Waals surface area contributed by atoms with Gasteiger partial charge >= 0.3 is 5.97 Å². The summed E-state index contributed by atoms with van der Waals surface area (Å²) in [5.74, 6) is -2.39. The highest BCUT2D eigenvalue weighted by Gasteiger charge is 2.25. The summed E-state index contributed by atoms with van der Waals surface area (Å²) in [7, 11) is 0. The number of nitrogens with one attached hydrogen (secondary N) is 1. The number of hydrogen-bond donors (Lipinski definition) is 3. The summed E-state index contributed by atoms with van der Waals surface area (Å²) in [6, 6.07) is 3.86. The first-order valence-corrected chi connectivity index (χ1v) is 6.35. The highest BCUT2D eigenvalue weighted by Crippen LogP contribution is 2.10. The van der Waals surface area contributed by atoms with Crippen LogP contribution >= 0.6 is 0 Å². The van der Waals surface area contributed by atoms with Gasteiger partial charge in [0.2, 0.25) is 5.91 Å². The third-order valence-electron chi connectivity index (χ3n) is 3.02. The molecule has 6 heteroatoms. The van der Waals surface area contributed by atoms with E-state index in [0.29, 0.717) is 0 Å². The van der Waals surface area contributed by atoms with Crippen LogP contribution in [0.4, 0.5) is 4.39 Å². The van der Waals surface area contributed by atoms with Gasteiger partial charge in [-0.2, -0.15) is 0 Å². The van der Waals surface area contributed by atoms with E-state index < -0.39 is 29.8 Å². The minimum absolute atomic E-state index is 0.113. The summed E-state index contributed by atoms with van der Waals surface area (Å²) in [5, 5.41) is 11.5. The van der Waals surface area contributed by atoms with Crippen LogP contribution in [0.3, 0.4) is 0 Å². The van der Waals surface area contributed by atoms with Gasteiger partial charge in [0.1, 0.15) is 11.9 Å². The van der Waals surface area contributed by atoms with Gasteiger partial charge < -0.3 is 16.2 Å². The topological polar surface area (TPSA) is 92.4 Å². The van der Waals surface area contributed by atoms with Gasteiger partial charge in [-0.25, -0.2) is 9.18 Å². The third kappa shape index (κ3) is 4.31. The molecule has 2 atom stereocenters. The molecule has 1 aromatic rings. The van der Waals surface area contributed by atoms with Crippen molar-refractivity contribution in [2.45, 2.75) is 32.4 Å². The van der Waals surface area contributed by atoms with Crippen molar-refractivity contribution in [2.75, 3.05) is 0 Å². The Morgan fingerprint density at radius 2 is 1.95 bits per heavy atom. The summed E-state index contributed by atoms with van der Waals surface area (Å²) in [4.78, 5) is 22.9. The van der Waals surface area contributed by atoms with Gasteiger partial charge in [0.05, 0.1) is 6.04 Å². The number of benzene rings is 1. The van der Waals surface area contributed by atoms with Crippen LogP contribution in [0.5, 0.6) is 0 Å². The second kappa shape index (κ2) is 7.00. The van der Waals surface area contributed by atoms with Crippen molar-refractivity contribution < 1.29 is 19.1 Å². The first-order valence-electron chi connectivity index (χ1n) is 6.35. The standard InChI is InChI=1S/C14H19FN2O3/c1-8(2)12(16)13(18)17-11(14(19)20)7-9-5-3-4-6-10(9)15/h3-6,8,11-12H,7,16H2,1-2H3,(H,17,18)(H,19,20)/t11?,12-/m0/s1. The number of aliphatic carboxylic acids is 1. The summed E-state index contributed by atoms with van der Waals surface area (Å²) in [6.07, 6.45) is -0.126. The quantitative estimate of drug-likeness (QED) is 0.723. The maximum atomic E-state index is 13.5. The first kappa shape index (κ1) is 16.1. The van der Waals surface area contributed by atoms with E-state index in [-0.39, 0.29) is 17.9 Å². The molecule has 4 N–H and O–H groups in total. The van der Waals surface area contributed by atoms with Gasteiger partial charge in [0, 0.05) is 6.42 Å². The van der Waals surface area contributed by atoms with Gasteiger partial charge in [-0.15, -0.1) is 0 Å². The average molecular weight is 282 g/mol. The lowest BCUT2D eigenvalue weighted by atomic mass is 10.0. The molecule has 20 heavy (non-hydrogen) atoms. The molecule has 0 spiro atoms. The van der Waals surface area contributed by atoms with Crippen LogP contribution in [0, 0.1) is 11.7 Å². The molecule has 0 bridgehead atoms. The van der Waals surface area contributed by atoms with Gasteiger partial charge in [0.15, 0.2) is 0 Å². The van der Waals surface area contributed by atoms with Crippen LogP contribution < -0.4 is 11.1 Å². The Kier molecular flexibility index (Phi) is 5.64. The zero-order valence-electron chi connectivity index (χ0n) is 11.5. The molecule has 1 amide bonds. The van der Waals surface area contributed by atoms with E-state index in [1.165, 1.54) is 18.2 Å². The molecule has 0 heterocycles. The van der Waals surface area contributed by atoms with Crippen LogP contribution in [0.1, 0.15) is 19.4 Å². The number of carbonyl (C=O) groups excluding carboxylic acids is 1. The van der Waals surface area contributed by atoms with Crippen LogP contribution in [0.15, 0.2) is 24.3 Å². The smallest absolute Gasteiger partial charge is 0.326 e. The van der Waals surface area contributed by atoms with Gasteiger partial charge in [0.25, 0.3) is 0 Å². The highest BCUT2D eigenvalue weighted by molar-refractivity contribution is 5.87. The lowest BCUT2D eigenvalue weighted by Gasteiger charge is -2.20. The molecule has 0 radical (unpaired) electrons. The lowest BCUT2D eigenvalue weighted by molar-refractivity contribution is -0.142. The Morgan fingerprint density at radius 1 is 1.35 bits per heavy atom. The van der Waals surface area contributed by atoms with E-state index in [0.717, 1.165) is 0 Å². The number of hydrogen-bond acceptors (Lipinski definition) is 3. The maximum absolute atomic E-state index is 13.5. The molecule has 0 fully saturated rings. The van der Waals surface area contributed by atoms with E-state index >= 15 is 0 Å². The molecule has 1 aromatic carbocycles. The second-order valence-electron chi connectivity index (χ2n) is 4.96. The summed E-state index contributed by atoms with van der Waals surface area (Å²) < 4.78 is 13.5. The van der Waals surface area contributed by atoms with Crippen LogP contribution in [-0.2, 0) is 16.0 Å². The minimum atomic E-state index is -1.22. The number of carboxylic acids is 1. The van der Waals surface area contributed by atoms with Crippen LogP contribution in [-0.4, -0.2) is 29.1 Å². The van der Waals surface area contributed by atoms with Gasteiger partial charge in [-0.1, -0.05) is 32.0 Å². The van der Waals surface area contributed by atoms with Crippen molar-refractivity contribution in [1.82, 2.24) is 5.32 Å². The molecule has 0 saturated carbocycles. The minimum Gasteiger partial charge on any atom is -0.480 e. The maximum Gasteiger partial charge on any atom is 0.326 e. The predicted octanol–water partition coefficient (Wildman–Crippen LogP) is 0.921. The number of halogens is 1. The lowest BCUT2D eigenvalue weighted by Crippen LogP contribution is -2.51. The molecule has 1 rings (SSSR count). The Labute approximate surface area is 117 Å². The van der Waals surface area contributed by atoms with Crippen LogP contribution in [0.2, 0.25) is 0 Å². The van der Waals surface area contributed by atoms with E-state index in [1.807, 2.05) is 0 Å². The van der Waals surface area contributed by atoms with Crippen molar-refractivity contribution in [3.63, 3.8) is 0 Å². The monoisotopic (exact) mass is 282 g/mol. The molecular weight excluding hydrogens is 263 g/mol. The number of rotatable bonds is 6. The van der Waals surface area contributed by atoms with Crippen molar-refractivity contribution in [1.29, 1.82) is 0 Å². The van der Waals surface area contributed by atoms with E-state index in [2.05, 4.69) is 5.32 Å². The molecule has 1 unspecified atom stereocenters. The highest BCUT2D eigenvalue weighted by atomic mass is 19.1. The fourth-order valence-corrected chi connectivity index (χ4v) is 1.65. The molecule has 0 saturated heterocycles. The third-order valence-corrected chi connectivity index (χ3v) is 3.02. The zero-order valence-corrected chi connectivity index (χ0v) is 11.5. The molecule has 0 aromatic heterocycles. The average Bonchev–Trinajstić information content (AvgIpc) is 2.38.